The fraction of sp³-hybridized carbons (Fsp3) is 0.250. The maximum Gasteiger partial charge on any atom is 0.458 e. The number of alkyl halides is 3. The second kappa shape index (κ2) is 2.47. The van der Waals surface area contributed by atoms with Gasteiger partial charge in [-0.15, -0.1) is 5.10 Å². The molecule has 1 heterocycles. The second-order valence-corrected chi connectivity index (χ2v) is 1.87. The summed E-state index contributed by atoms with van der Waals surface area (Å²) in [6, 6.07) is 0. The number of aromatic nitrogens is 3. The minimum Gasteiger partial charge on any atom is -0.366 e. The number of nitrogen functional groups attached to an aromatic ring is 1. The number of rotatable bonds is 1. The van der Waals surface area contributed by atoms with Gasteiger partial charge in [-0.3, -0.25) is 9.89 Å². The first kappa shape index (κ1) is 8.50. The van der Waals surface area contributed by atoms with E-state index in [1.165, 1.54) is 0 Å². The molecule has 1 rings (SSSR count). The number of nitrogens with zero attached hydrogens (tertiary/aromatic N) is 2. The van der Waals surface area contributed by atoms with Crippen LogP contribution in [0.3, 0.4) is 0 Å². The van der Waals surface area contributed by atoms with Crippen molar-refractivity contribution in [3.63, 3.8) is 0 Å². The van der Waals surface area contributed by atoms with Crippen LogP contribution in [0.2, 0.25) is 0 Å². The van der Waals surface area contributed by atoms with Crippen molar-refractivity contribution >= 4 is 11.7 Å². The third-order valence-corrected chi connectivity index (χ3v) is 0.975. The SMILES string of the molecule is Nc1n[nH]c(C(=O)C(F)(F)F)n1. The van der Waals surface area contributed by atoms with Gasteiger partial charge in [-0.1, -0.05) is 0 Å². The lowest BCUT2D eigenvalue weighted by Gasteiger charge is -1.99. The van der Waals surface area contributed by atoms with Crippen molar-refractivity contribution in [2.45, 2.75) is 6.18 Å². The molecule has 3 N–H and O–H groups in total. The van der Waals surface area contributed by atoms with Crippen LogP contribution < -0.4 is 5.73 Å². The molecular weight excluding hydrogens is 177 g/mol. The first-order valence-electron chi connectivity index (χ1n) is 2.70. The number of H-pyrrole nitrogens is 1. The van der Waals surface area contributed by atoms with Crippen LogP contribution >= 0.6 is 0 Å². The zero-order chi connectivity index (χ0) is 9.35. The lowest BCUT2D eigenvalue weighted by molar-refractivity contribution is -0.0891. The number of carbonyl (C=O) groups is 1. The molecule has 0 fully saturated rings. The van der Waals surface area contributed by atoms with Gasteiger partial charge < -0.3 is 5.73 Å². The maximum atomic E-state index is 11.7. The third kappa shape index (κ3) is 1.52. The summed E-state index contributed by atoms with van der Waals surface area (Å²) >= 11 is 0. The summed E-state index contributed by atoms with van der Waals surface area (Å²) in [5.74, 6) is -3.39. The van der Waals surface area contributed by atoms with E-state index in [0.717, 1.165) is 0 Å². The normalized spacial score (nSPS) is 11.6. The molecule has 1 aromatic heterocycles. The van der Waals surface area contributed by atoms with Crippen LogP contribution in [0.15, 0.2) is 0 Å². The molecule has 5 nitrogen and oxygen atoms in total. The van der Waals surface area contributed by atoms with E-state index in [9.17, 15) is 18.0 Å². The summed E-state index contributed by atoms with van der Waals surface area (Å²) in [6.45, 7) is 0. The second-order valence-electron chi connectivity index (χ2n) is 1.87. The van der Waals surface area contributed by atoms with Gasteiger partial charge in [0.15, 0.2) is 0 Å². The molecule has 0 aromatic carbocycles. The van der Waals surface area contributed by atoms with Gasteiger partial charge in [-0.25, -0.2) is 0 Å². The Morgan fingerprint density at radius 3 is 2.42 bits per heavy atom. The molecule has 0 saturated carbocycles. The number of aromatic amines is 1. The quantitative estimate of drug-likeness (QED) is 0.601. The minimum atomic E-state index is -4.95. The van der Waals surface area contributed by atoms with Gasteiger partial charge >= 0.3 is 12.0 Å². The van der Waals surface area contributed by atoms with E-state index in [1.807, 2.05) is 0 Å². The van der Waals surface area contributed by atoms with Crippen molar-refractivity contribution in [2.75, 3.05) is 5.73 Å². The van der Waals surface area contributed by atoms with Gasteiger partial charge in [-0.2, -0.15) is 18.2 Å². The number of Topliss-reactive ketones (excluding diaryl/α,β-unsaturated/α-hetero) is 1. The van der Waals surface area contributed by atoms with Crippen molar-refractivity contribution in [1.29, 1.82) is 0 Å². The van der Waals surface area contributed by atoms with Crippen LogP contribution in [0.4, 0.5) is 19.1 Å². The highest BCUT2D eigenvalue weighted by Gasteiger charge is 2.41. The third-order valence-electron chi connectivity index (χ3n) is 0.975. The standard InChI is InChI=1S/C4H3F3N4O/c5-4(6,7)1(12)2-9-3(8)11-10-2/h(H3,8,9,10,11). The Hall–Kier alpha value is -1.60. The van der Waals surface area contributed by atoms with Crippen LogP contribution in [-0.4, -0.2) is 27.1 Å². The number of hydrogen-bond acceptors (Lipinski definition) is 4. The van der Waals surface area contributed by atoms with E-state index in [-0.39, 0.29) is 0 Å². The number of carbonyl (C=O) groups excluding carboxylic acids is 1. The van der Waals surface area contributed by atoms with Gasteiger partial charge in [0.2, 0.25) is 11.8 Å². The largest absolute Gasteiger partial charge is 0.458 e. The highest BCUT2D eigenvalue weighted by Crippen LogP contribution is 2.19. The van der Waals surface area contributed by atoms with Gasteiger partial charge in [0.05, 0.1) is 0 Å². The molecule has 66 valence electrons. The molecule has 0 saturated heterocycles. The van der Waals surface area contributed by atoms with E-state index in [1.54, 1.807) is 5.10 Å². The average Bonchev–Trinajstić information content (AvgIpc) is 2.32. The Balaban J connectivity index is 2.93. The molecule has 0 amide bonds. The molecule has 0 spiro atoms. The number of ketones is 1. The Bertz CT molecular complexity index is 303. The fourth-order valence-corrected chi connectivity index (χ4v) is 0.511. The van der Waals surface area contributed by atoms with Crippen LogP contribution in [0.5, 0.6) is 0 Å². The van der Waals surface area contributed by atoms with E-state index in [4.69, 9.17) is 5.73 Å². The minimum absolute atomic E-state index is 0.400. The van der Waals surface area contributed by atoms with Crippen molar-refractivity contribution in [3.05, 3.63) is 5.82 Å². The predicted molar refractivity (Wildman–Crippen MR) is 31.2 cm³/mol. The summed E-state index contributed by atoms with van der Waals surface area (Å²) in [6.07, 6.45) is -4.95. The first-order chi connectivity index (χ1) is 5.41. The molecule has 0 aliphatic rings. The van der Waals surface area contributed by atoms with E-state index in [0.29, 0.717) is 0 Å². The average molecular weight is 180 g/mol. The number of hydrogen-bond donors (Lipinski definition) is 2. The summed E-state index contributed by atoms with van der Waals surface area (Å²) in [4.78, 5) is 13.4. The van der Waals surface area contributed by atoms with Gasteiger partial charge in [0.1, 0.15) is 0 Å². The van der Waals surface area contributed by atoms with Gasteiger partial charge in [0.25, 0.3) is 0 Å². The smallest absolute Gasteiger partial charge is 0.366 e. The lowest BCUT2D eigenvalue weighted by atomic mass is 10.4. The number of anilines is 1. The molecular formula is C4H3F3N4O. The van der Waals surface area contributed by atoms with E-state index in [2.05, 4.69) is 10.1 Å². The zero-order valence-electron chi connectivity index (χ0n) is 5.51. The molecule has 0 aliphatic heterocycles. The van der Waals surface area contributed by atoms with Crippen molar-refractivity contribution in [3.8, 4) is 0 Å². The summed E-state index contributed by atoms with van der Waals surface area (Å²) in [5, 5.41) is 4.83. The molecule has 0 bridgehead atoms. The Kier molecular flexibility index (Phi) is 1.75. The number of nitrogens with one attached hydrogen (secondary N) is 1. The first-order valence-corrected chi connectivity index (χ1v) is 2.70. The molecule has 1 aromatic rings. The Labute approximate surface area is 63.8 Å². The van der Waals surface area contributed by atoms with Crippen molar-refractivity contribution < 1.29 is 18.0 Å². The predicted octanol–water partition coefficient (Wildman–Crippen LogP) is 0.132. The van der Waals surface area contributed by atoms with Crippen molar-refractivity contribution in [1.82, 2.24) is 15.2 Å². The van der Waals surface area contributed by atoms with E-state index >= 15 is 0 Å². The monoisotopic (exact) mass is 180 g/mol. The van der Waals surface area contributed by atoms with Crippen LogP contribution in [0, 0.1) is 0 Å². The number of halogens is 3. The van der Waals surface area contributed by atoms with Gasteiger partial charge in [0, 0.05) is 0 Å². The van der Waals surface area contributed by atoms with Crippen LogP contribution in [0.25, 0.3) is 0 Å². The van der Waals surface area contributed by atoms with Crippen LogP contribution in [-0.2, 0) is 0 Å². The fourth-order valence-electron chi connectivity index (χ4n) is 0.511. The Morgan fingerprint density at radius 1 is 1.50 bits per heavy atom. The van der Waals surface area contributed by atoms with Crippen molar-refractivity contribution in [2.24, 2.45) is 0 Å². The molecule has 0 unspecified atom stereocenters. The van der Waals surface area contributed by atoms with E-state index < -0.39 is 23.7 Å². The van der Waals surface area contributed by atoms with Gasteiger partial charge in [-0.05, 0) is 0 Å². The molecule has 8 heteroatoms. The Morgan fingerprint density at radius 2 is 2.08 bits per heavy atom. The highest BCUT2D eigenvalue weighted by molar-refractivity contribution is 5.97. The topological polar surface area (TPSA) is 84.7 Å². The summed E-state index contributed by atoms with van der Waals surface area (Å²) in [7, 11) is 0. The number of nitrogens with two attached hydrogens (primary N) is 1. The summed E-state index contributed by atoms with van der Waals surface area (Å²) < 4.78 is 35.0. The zero-order valence-corrected chi connectivity index (χ0v) is 5.51. The maximum absolute atomic E-state index is 11.7. The highest BCUT2D eigenvalue weighted by atomic mass is 19.4. The molecule has 12 heavy (non-hydrogen) atoms. The molecule has 0 radical (unpaired) electrons. The molecule has 0 aliphatic carbocycles. The van der Waals surface area contributed by atoms with Crippen LogP contribution in [0.1, 0.15) is 10.6 Å². The molecule has 0 atom stereocenters. The lowest BCUT2D eigenvalue weighted by Crippen LogP contribution is -2.23. The summed E-state index contributed by atoms with van der Waals surface area (Å²) in [5.41, 5.74) is 4.89.